The third kappa shape index (κ3) is 5.71. The monoisotopic (exact) mass is 621 g/mol. The lowest BCUT2D eigenvalue weighted by molar-refractivity contribution is 0.00154. The predicted octanol–water partition coefficient (Wildman–Crippen LogP) is 4.35. The van der Waals surface area contributed by atoms with E-state index < -0.39 is 39.1 Å². The van der Waals surface area contributed by atoms with E-state index in [2.05, 4.69) is 29.9 Å². The first-order chi connectivity index (χ1) is 20.0. The average molecular weight is 622 g/mol. The number of hydrogen-bond acceptors (Lipinski definition) is 10. The number of methoxy groups -OCH3 is 1. The number of benzene rings is 1. The number of sulfonamides is 1. The molecule has 5 rings (SSSR count). The van der Waals surface area contributed by atoms with Gasteiger partial charge < -0.3 is 14.2 Å². The number of fused-ring (bicyclic) bond motifs is 3. The van der Waals surface area contributed by atoms with Crippen molar-refractivity contribution in [3.63, 3.8) is 0 Å². The SMILES string of the molecule is COc1nccc2c1OC[C@H](c1ccc(F)cc1F)n1c(NS(=O)(=O)[C@@H](C)[C@@H](OC(C)C)c3ncc(Cl)cn3)nnc1-2. The summed E-state index contributed by atoms with van der Waals surface area (Å²) in [6.45, 7) is 4.71. The molecule has 0 amide bonds. The van der Waals surface area contributed by atoms with Gasteiger partial charge in [-0.15, -0.1) is 10.2 Å². The minimum Gasteiger partial charge on any atom is -0.485 e. The molecular formula is C26H26ClF2N7O5S. The molecule has 12 nitrogen and oxygen atoms in total. The van der Waals surface area contributed by atoms with Crippen molar-refractivity contribution in [1.29, 1.82) is 0 Å². The first-order valence-corrected chi connectivity index (χ1v) is 14.6. The van der Waals surface area contributed by atoms with Crippen LogP contribution in [0.3, 0.4) is 0 Å². The van der Waals surface area contributed by atoms with Gasteiger partial charge in [0, 0.05) is 30.2 Å². The second-order valence-electron chi connectivity index (χ2n) is 9.62. The van der Waals surface area contributed by atoms with Crippen molar-refractivity contribution < 1.29 is 31.4 Å². The first-order valence-electron chi connectivity index (χ1n) is 12.7. The largest absolute Gasteiger partial charge is 0.485 e. The van der Waals surface area contributed by atoms with Crippen LogP contribution in [0.2, 0.25) is 5.02 Å². The molecule has 0 saturated carbocycles. The maximum Gasteiger partial charge on any atom is 0.257 e. The minimum atomic E-state index is -4.29. The Balaban J connectivity index is 1.60. The van der Waals surface area contributed by atoms with E-state index in [1.807, 2.05) is 0 Å². The van der Waals surface area contributed by atoms with Crippen molar-refractivity contribution in [2.75, 3.05) is 18.4 Å². The Labute approximate surface area is 245 Å². The van der Waals surface area contributed by atoms with E-state index in [-0.39, 0.29) is 52.5 Å². The van der Waals surface area contributed by atoms with Crippen molar-refractivity contribution in [2.24, 2.45) is 0 Å². The molecule has 0 radical (unpaired) electrons. The fourth-order valence-corrected chi connectivity index (χ4v) is 5.68. The van der Waals surface area contributed by atoms with Gasteiger partial charge in [0.25, 0.3) is 5.88 Å². The molecule has 4 aromatic rings. The van der Waals surface area contributed by atoms with Gasteiger partial charge in [0.05, 0.1) is 23.8 Å². The van der Waals surface area contributed by atoms with Gasteiger partial charge in [0.2, 0.25) is 16.0 Å². The standard InChI is InChI=1S/C26H26ClF2N7O5S/c1-13(2)41-21(23-31-10-15(27)11-32-23)14(3)42(37,38)35-26-34-33-24-18-7-8-30-25(39-4)22(18)40-12-20(36(24)26)17-6-5-16(28)9-19(17)29/h5-11,13-14,20-21H,12H2,1-4H3,(H,34,35)/t14-,20+,21+/m0/s1. The van der Waals surface area contributed by atoms with E-state index in [1.165, 1.54) is 43.3 Å². The molecule has 1 N–H and O–H groups in total. The molecule has 16 heteroatoms. The van der Waals surface area contributed by atoms with Gasteiger partial charge >= 0.3 is 0 Å². The Hall–Kier alpha value is -3.95. The third-order valence-electron chi connectivity index (χ3n) is 6.48. The van der Waals surface area contributed by atoms with Crippen LogP contribution in [0.1, 0.15) is 44.3 Å². The molecule has 0 fully saturated rings. The lowest BCUT2D eigenvalue weighted by Crippen LogP contribution is -2.35. The number of hydrogen-bond donors (Lipinski definition) is 1. The summed E-state index contributed by atoms with van der Waals surface area (Å²) >= 11 is 5.92. The molecule has 0 spiro atoms. The lowest BCUT2D eigenvalue weighted by atomic mass is 10.1. The van der Waals surface area contributed by atoms with Crippen molar-refractivity contribution in [3.8, 4) is 23.0 Å². The molecule has 3 aromatic heterocycles. The summed E-state index contributed by atoms with van der Waals surface area (Å²) in [5.74, 6) is -1.30. The highest BCUT2D eigenvalue weighted by Gasteiger charge is 2.38. The zero-order chi connectivity index (χ0) is 30.2. The van der Waals surface area contributed by atoms with Gasteiger partial charge in [-0.2, -0.15) is 0 Å². The quantitative estimate of drug-likeness (QED) is 0.286. The van der Waals surface area contributed by atoms with E-state index in [9.17, 15) is 12.8 Å². The van der Waals surface area contributed by atoms with E-state index in [0.29, 0.717) is 5.56 Å². The Morgan fingerprint density at radius 3 is 2.52 bits per heavy atom. The Kier molecular flexibility index (Phi) is 8.25. The molecule has 0 bridgehead atoms. The maximum absolute atomic E-state index is 15.1. The fraction of sp³-hybridized carbons (Fsp3) is 0.346. The summed E-state index contributed by atoms with van der Waals surface area (Å²) < 4.78 is 77.6. The average Bonchev–Trinajstić information content (AvgIpc) is 3.26. The van der Waals surface area contributed by atoms with Crippen LogP contribution < -0.4 is 14.2 Å². The minimum absolute atomic E-state index is 0.0151. The van der Waals surface area contributed by atoms with Gasteiger partial charge in [-0.3, -0.25) is 9.29 Å². The number of nitrogens with one attached hydrogen (secondary N) is 1. The Morgan fingerprint density at radius 1 is 1.12 bits per heavy atom. The van der Waals surface area contributed by atoms with Crippen molar-refractivity contribution >= 4 is 27.6 Å². The van der Waals surface area contributed by atoms with Gasteiger partial charge in [-0.25, -0.2) is 32.2 Å². The number of rotatable bonds is 9. The Bertz CT molecular complexity index is 1710. The van der Waals surface area contributed by atoms with Crippen LogP contribution in [0.4, 0.5) is 14.7 Å². The molecule has 1 aliphatic heterocycles. The van der Waals surface area contributed by atoms with Crippen LogP contribution in [0.5, 0.6) is 11.6 Å². The molecule has 3 atom stereocenters. The second-order valence-corrected chi connectivity index (χ2v) is 12.1. The summed E-state index contributed by atoms with van der Waals surface area (Å²) in [6, 6.07) is 3.62. The number of anilines is 1. The molecule has 0 unspecified atom stereocenters. The fourth-order valence-electron chi connectivity index (χ4n) is 4.49. The van der Waals surface area contributed by atoms with Gasteiger partial charge in [0.15, 0.2) is 17.4 Å². The highest BCUT2D eigenvalue weighted by atomic mass is 35.5. The first kappa shape index (κ1) is 29.5. The van der Waals surface area contributed by atoms with Gasteiger partial charge in [0.1, 0.15) is 35.6 Å². The van der Waals surface area contributed by atoms with Crippen molar-refractivity contribution in [2.45, 2.75) is 44.3 Å². The van der Waals surface area contributed by atoms with Crippen LogP contribution in [0, 0.1) is 11.6 Å². The van der Waals surface area contributed by atoms with Crippen LogP contribution >= 0.6 is 11.6 Å². The molecule has 1 aromatic carbocycles. The molecule has 1 aliphatic rings. The van der Waals surface area contributed by atoms with Crippen molar-refractivity contribution in [1.82, 2.24) is 29.7 Å². The van der Waals surface area contributed by atoms with Crippen LogP contribution in [-0.4, -0.2) is 63.2 Å². The molecule has 42 heavy (non-hydrogen) atoms. The maximum atomic E-state index is 15.1. The number of nitrogens with zero attached hydrogens (tertiary/aromatic N) is 6. The van der Waals surface area contributed by atoms with Crippen LogP contribution in [0.15, 0.2) is 42.9 Å². The molecule has 0 aliphatic carbocycles. The van der Waals surface area contributed by atoms with E-state index in [0.717, 1.165) is 12.1 Å². The number of ether oxygens (including phenoxy) is 3. The zero-order valence-corrected chi connectivity index (χ0v) is 24.4. The summed E-state index contributed by atoms with van der Waals surface area (Å²) in [4.78, 5) is 12.5. The summed E-state index contributed by atoms with van der Waals surface area (Å²) in [5, 5.41) is 7.36. The van der Waals surface area contributed by atoms with Crippen LogP contribution in [-0.2, 0) is 14.8 Å². The number of halogens is 3. The van der Waals surface area contributed by atoms with E-state index in [4.69, 9.17) is 25.8 Å². The molecule has 222 valence electrons. The van der Waals surface area contributed by atoms with E-state index >= 15 is 4.39 Å². The van der Waals surface area contributed by atoms with Gasteiger partial charge in [-0.05, 0) is 32.9 Å². The molecule has 0 saturated heterocycles. The summed E-state index contributed by atoms with van der Waals surface area (Å²) in [5.41, 5.74) is 0.384. The lowest BCUT2D eigenvalue weighted by Gasteiger charge is -2.26. The normalized spacial score (nSPS) is 16.1. The highest BCUT2D eigenvalue weighted by molar-refractivity contribution is 7.93. The predicted molar refractivity (Wildman–Crippen MR) is 148 cm³/mol. The third-order valence-corrected chi connectivity index (χ3v) is 8.37. The molecular weight excluding hydrogens is 596 g/mol. The number of pyridine rings is 1. The highest BCUT2D eigenvalue weighted by Crippen LogP contribution is 2.42. The summed E-state index contributed by atoms with van der Waals surface area (Å²) in [6.07, 6.45) is 2.67. The topological polar surface area (TPSA) is 143 Å². The number of aromatic nitrogens is 6. The van der Waals surface area contributed by atoms with Crippen molar-refractivity contribution in [3.05, 3.63) is 70.9 Å². The van der Waals surface area contributed by atoms with Gasteiger partial charge in [-0.1, -0.05) is 17.7 Å². The summed E-state index contributed by atoms with van der Waals surface area (Å²) in [7, 11) is -2.88. The smallest absolute Gasteiger partial charge is 0.257 e. The van der Waals surface area contributed by atoms with Crippen LogP contribution in [0.25, 0.3) is 11.4 Å². The van der Waals surface area contributed by atoms with E-state index in [1.54, 1.807) is 19.9 Å². The molecule has 4 heterocycles. The second kappa shape index (κ2) is 11.7. The Morgan fingerprint density at radius 2 is 1.86 bits per heavy atom. The zero-order valence-electron chi connectivity index (χ0n) is 22.8.